The number of aryl methyl sites for hydroxylation is 1. The second-order valence-electron chi connectivity index (χ2n) is 7.10. The summed E-state index contributed by atoms with van der Waals surface area (Å²) in [6, 6.07) is 14.1. The Morgan fingerprint density at radius 2 is 1.85 bits per heavy atom. The predicted molar refractivity (Wildman–Crippen MR) is 106 cm³/mol. The number of benzene rings is 1. The van der Waals surface area contributed by atoms with Crippen molar-refractivity contribution in [2.45, 2.75) is 26.4 Å². The molecule has 27 heavy (non-hydrogen) atoms. The molecule has 0 aliphatic rings. The third kappa shape index (κ3) is 3.48. The Morgan fingerprint density at radius 1 is 1.11 bits per heavy atom. The second-order valence-corrected chi connectivity index (χ2v) is 7.10. The number of H-pyrrole nitrogens is 1. The highest BCUT2D eigenvalue weighted by molar-refractivity contribution is 5.85. The van der Waals surface area contributed by atoms with Crippen LogP contribution in [0.1, 0.15) is 25.1 Å². The van der Waals surface area contributed by atoms with Gasteiger partial charge >= 0.3 is 0 Å². The topological polar surface area (TPSA) is 66.2 Å². The third-order valence-corrected chi connectivity index (χ3v) is 4.24. The molecule has 0 amide bonds. The summed E-state index contributed by atoms with van der Waals surface area (Å²) < 4.78 is 1.81. The Kier molecular flexibility index (Phi) is 4.06. The molecule has 0 saturated carbocycles. The first-order chi connectivity index (χ1) is 12.9. The van der Waals surface area contributed by atoms with Crippen LogP contribution in [0.4, 0.5) is 0 Å². The largest absolute Gasteiger partial charge is 0.378 e. The van der Waals surface area contributed by atoms with Crippen molar-refractivity contribution in [2.75, 3.05) is 0 Å². The number of aromatic nitrogens is 4. The first-order valence-corrected chi connectivity index (χ1v) is 8.75. The Hall–Kier alpha value is -3.36. The van der Waals surface area contributed by atoms with E-state index in [0.717, 1.165) is 39.2 Å². The molecule has 0 unspecified atom stereocenters. The molecule has 3 aromatic heterocycles. The van der Waals surface area contributed by atoms with Crippen LogP contribution in [0.3, 0.4) is 0 Å². The van der Waals surface area contributed by atoms with E-state index in [1.165, 1.54) is 0 Å². The monoisotopic (exact) mass is 356 g/mol. The van der Waals surface area contributed by atoms with Gasteiger partial charge < -0.3 is 5.11 Å². The van der Waals surface area contributed by atoms with E-state index in [-0.39, 0.29) is 0 Å². The van der Waals surface area contributed by atoms with E-state index in [0.29, 0.717) is 0 Å². The van der Waals surface area contributed by atoms with Crippen LogP contribution in [0.25, 0.3) is 27.9 Å². The van der Waals surface area contributed by atoms with Crippen LogP contribution in [0.5, 0.6) is 0 Å². The average Bonchev–Trinajstić information content (AvgIpc) is 3.26. The van der Waals surface area contributed by atoms with Crippen molar-refractivity contribution >= 4 is 5.52 Å². The van der Waals surface area contributed by atoms with Crippen LogP contribution in [0.2, 0.25) is 0 Å². The van der Waals surface area contributed by atoms with Gasteiger partial charge in [0, 0.05) is 23.0 Å². The summed E-state index contributed by atoms with van der Waals surface area (Å²) in [5, 5.41) is 21.7. The molecule has 0 saturated heterocycles. The average molecular weight is 356 g/mol. The van der Waals surface area contributed by atoms with Crippen molar-refractivity contribution in [1.29, 1.82) is 0 Å². The standard InChI is InChI=1S/C22H20N4O/c1-15-13-20(25-24-15)17-8-6-16(7-9-17)19-14-23-26-12-4-5-18(21(19)26)10-11-22(2,3)27/h4-9,12-14,27H,1-3H3,(H,24,25). The summed E-state index contributed by atoms with van der Waals surface area (Å²) in [4.78, 5) is 0. The zero-order valence-corrected chi connectivity index (χ0v) is 15.5. The molecule has 134 valence electrons. The predicted octanol–water partition coefficient (Wildman–Crippen LogP) is 3.82. The van der Waals surface area contributed by atoms with Crippen molar-refractivity contribution in [3.8, 4) is 34.2 Å². The lowest BCUT2D eigenvalue weighted by Gasteiger charge is -2.07. The molecule has 5 heteroatoms. The van der Waals surface area contributed by atoms with Crippen LogP contribution in [0, 0.1) is 18.8 Å². The molecule has 0 spiro atoms. The minimum absolute atomic E-state index is 0.833. The highest BCUT2D eigenvalue weighted by atomic mass is 16.3. The van der Waals surface area contributed by atoms with E-state index in [2.05, 4.69) is 51.4 Å². The normalized spacial score (nSPS) is 11.4. The van der Waals surface area contributed by atoms with Crippen molar-refractivity contribution in [3.05, 3.63) is 66.1 Å². The highest BCUT2D eigenvalue weighted by Crippen LogP contribution is 2.29. The lowest BCUT2D eigenvalue weighted by molar-refractivity contribution is 0.143. The Balaban J connectivity index is 1.79. The van der Waals surface area contributed by atoms with Gasteiger partial charge in [0.1, 0.15) is 5.60 Å². The van der Waals surface area contributed by atoms with E-state index in [4.69, 9.17) is 0 Å². The molecule has 0 fully saturated rings. The molecular formula is C22H20N4O. The molecule has 2 N–H and O–H groups in total. The molecule has 0 bridgehead atoms. The smallest absolute Gasteiger partial charge is 0.120 e. The zero-order chi connectivity index (χ0) is 19.0. The lowest BCUT2D eigenvalue weighted by atomic mass is 10.0. The molecule has 4 rings (SSSR count). The molecule has 0 aliphatic carbocycles. The molecule has 4 aromatic rings. The maximum atomic E-state index is 9.92. The van der Waals surface area contributed by atoms with Gasteiger partial charge in [-0.1, -0.05) is 36.1 Å². The Labute approximate surface area is 157 Å². The summed E-state index contributed by atoms with van der Waals surface area (Å²) in [7, 11) is 0. The molecular weight excluding hydrogens is 336 g/mol. The number of aliphatic hydroxyl groups is 1. The van der Waals surface area contributed by atoms with Crippen molar-refractivity contribution in [2.24, 2.45) is 0 Å². The molecule has 1 aromatic carbocycles. The van der Waals surface area contributed by atoms with E-state index < -0.39 is 5.60 Å². The van der Waals surface area contributed by atoms with Crippen LogP contribution in [-0.4, -0.2) is 30.5 Å². The quantitative estimate of drug-likeness (QED) is 0.537. The number of hydrogen-bond donors (Lipinski definition) is 2. The lowest BCUT2D eigenvalue weighted by Crippen LogP contribution is -2.14. The van der Waals surface area contributed by atoms with Crippen molar-refractivity contribution in [3.63, 3.8) is 0 Å². The summed E-state index contributed by atoms with van der Waals surface area (Å²) in [6.07, 6.45) is 3.74. The summed E-state index contributed by atoms with van der Waals surface area (Å²) in [6.45, 7) is 5.33. The number of nitrogens with one attached hydrogen (secondary N) is 1. The number of aromatic amines is 1. The second kappa shape index (κ2) is 6.42. The number of hydrogen-bond acceptors (Lipinski definition) is 3. The number of rotatable bonds is 2. The van der Waals surface area contributed by atoms with E-state index in [1.54, 1.807) is 13.8 Å². The highest BCUT2D eigenvalue weighted by Gasteiger charge is 2.12. The summed E-state index contributed by atoms with van der Waals surface area (Å²) >= 11 is 0. The number of pyridine rings is 1. The number of nitrogens with zero attached hydrogens (tertiary/aromatic N) is 3. The van der Waals surface area contributed by atoms with Gasteiger partial charge in [0.25, 0.3) is 0 Å². The molecule has 3 heterocycles. The fourth-order valence-electron chi connectivity index (χ4n) is 2.96. The van der Waals surface area contributed by atoms with Crippen LogP contribution < -0.4 is 0 Å². The summed E-state index contributed by atoms with van der Waals surface area (Å²) in [5.74, 6) is 5.97. The molecule has 5 nitrogen and oxygen atoms in total. The number of fused-ring (bicyclic) bond motifs is 1. The van der Waals surface area contributed by atoms with Crippen molar-refractivity contribution in [1.82, 2.24) is 19.8 Å². The maximum absolute atomic E-state index is 9.92. The van der Waals surface area contributed by atoms with Gasteiger partial charge in [0.15, 0.2) is 0 Å². The van der Waals surface area contributed by atoms with Gasteiger partial charge in [-0.2, -0.15) is 10.2 Å². The van der Waals surface area contributed by atoms with Gasteiger partial charge in [0.2, 0.25) is 0 Å². The van der Waals surface area contributed by atoms with Gasteiger partial charge in [-0.15, -0.1) is 0 Å². The molecule has 0 aliphatic heterocycles. The Bertz CT molecular complexity index is 1160. The van der Waals surface area contributed by atoms with Crippen LogP contribution in [-0.2, 0) is 0 Å². The van der Waals surface area contributed by atoms with E-state index in [1.807, 2.05) is 42.0 Å². The van der Waals surface area contributed by atoms with E-state index in [9.17, 15) is 5.11 Å². The van der Waals surface area contributed by atoms with Gasteiger partial charge in [0.05, 0.1) is 23.0 Å². The van der Waals surface area contributed by atoms with Gasteiger partial charge in [-0.25, -0.2) is 4.52 Å². The minimum Gasteiger partial charge on any atom is -0.378 e. The zero-order valence-electron chi connectivity index (χ0n) is 15.5. The van der Waals surface area contributed by atoms with Crippen molar-refractivity contribution < 1.29 is 5.11 Å². The van der Waals surface area contributed by atoms with Gasteiger partial charge in [-0.3, -0.25) is 5.10 Å². The molecule has 0 atom stereocenters. The fourth-order valence-corrected chi connectivity index (χ4v) is 2.96. The van der Waals surface area contributed by atoms with Crippen LogP contribution >= 0.6 is 0 Å². The third-order valence-electron chi connectivity index (χ3n) is 4.24. The maximum Gasteiger partial charge on any atom is 0.120 e. The first kappa shape index (κ1) is 17.1. The fraction of sp³-hybridized carbons (Fsp3) is 0.182. The summed E-state index contributed by atoms with van der Waals surface area (Å²) in [5.41, 5.74) is 5.79. The van der Waals surface area contributed by atoms with E-state index >= 15 is 0 Å². The minimum atomic E-state index is -1.05. The van der Waals surface area contributed by atoms with Gasteiger partial charge in [-0.05, 0) is 44.5 Å². The SMILES string of the molecule is Cc1cc(-c2ccc(-c3cnn4cccc(C#CC(C)(C)O)c34)cc2)n[nH]1. The Morgan fingerprint density at radius 3 is 2.52 bits per heavy atom. The first-order valence-electron chi connectivity index (χ1n) is 8.75. The molecule has 0 radical (unpaired) electrons. The van der Waals surface area contributed by atoms with Crippen LogP contribution in [0.15, 0.2) is 54.9 Å².